The molecule has 0 spiro atoms. The summed E-state index contributed by atoms with van der Waals surface area (Å²) in [5.74, 6) is -1.04. The van der Waals surface area contributed by atoms with Crippen molar-refractivity contribution < 1.29 is 18.1 Å². The Kier molecular flexibility index (Phi) is 3.77. The van der Waals surface area contributed by atoms with Crippen LogP contribution < -0.4 is 5.46 Å². The van der Waals surface area contributed by atoms with Crippen LogP contribution in [0.1, 0.15) is 27.7 Å². The lowest BCUT2D eigenvalue weighted by atomic mass is 9.78. The molecule has 1 aromatic carbocycles. The molecule has 1 fully saturated rings. The van der Waals surface area contributed by atoms with E-state index in [2.05, 4.69) is 4.98 Å². The Bertz CT molecular complexity index is 733. The van der Waals surface area contributed by atoms with Gasteiger partial charge in [-0.05, 0) is 45.3 Å². The van der Waals surface area contributed by atoms with E-state index in [9.17, 15) is 8.78 Å². The van der Waals surface area contributed by atoms with E-state index in [0.29, 0.717) is 5.46 Å². The van der Waals surface area contributed by atoms with E-state index in [1.54, 1.807) is 12.1 Å². The minimum atomic E-state index is -0.626. The van der Waals surface area contributed by atoms with Gasteiger partial charge in [-0.25, -0.2) is 8.78 Å². The Labute approximate surface area is 134 Å². The number of halogens is 2. The summed E-state index contributed by atoms with van der Waals surface area (Å²) < 4.78 is 40.0. The molecular formula is C17H18BF2NO2. The van der Waals surface area contributed by atoms with Crippen molar-refractivity contribution in [3.05, 3.63) is 48.3 Å². The molecule has 0 bridgehead atoms. The summed E-state index contributed by atoms with van der Waals surface area (Å²) in [6.07, 6.45) is 2.64. The third-order valence-electron chi connectivity index (χ3n) is 4.57. The number of rotatable bonds is 2. The fourth-order valence-corrected chi connectivity index (χ4v) is 2.45. The molecule has 0 unspecified atom stereocenters. The summed E-state index contributed by atoms with van der Waals surface area (Å²) in [6.45, 7) is 7.77. The first-order valence-electron chi connectivity index (χ1n) is 7.46. The summed E-state index contributed by atoms with van der Waals surface area (Å²) >= 11 is 0. The van der Waals surface area contributed by atoms with Crippen LogP contribution in [0.4, 0.5) is 8.78 Å². The van der Waals surface area contributed by atoms with E-state index in [1.807, 2.05) is 27.7 Å². The normalized spacial score (nSPS) is 19.1. The molecule has 23 heavy (non-hydrogen) atoms. The number of aromatic nitrogens is 1. The predicted molar refractivity (Wildman–Crippen MR) is 85.3 cm³/mol. The van der Waals surface area contributed by atoms with Crippen molar-refractivity contribution >= 4 is 12.6 Å². The van der Waals surface area contributed by atoms with Gasteiger partial charge in [-0.2, -0.15) is 0 Å². The van der Waals surface area contributed by atoms with Gasteiger partial charge in [0.15, 0.2) is 0 Å². The number of hydrogen-bond acceptors (Lipinski definition) is 3. The van der Waals surface area contributed by atoms with E-state index >= 15 is 0 Å². The maximum absolute atomic E-state index is 14.2. The molecule has 1 saturated heterocycles. The monoisotopic (exact) mass is 317 g/mol. The summed E-state index contributed by atoms with van der Waals surface area (Å²) in [7, 11) is -0.626. The highest BCUT2D eigenvalue weighted by Crippen LogP contribution is 2.36. The molecule has 3 rings (SSSR count). The van der Waals surface area contributed by atoms with E-state index in [4.69, 9.17) is 9.31 Å². The Balaban J connectivity index is 2.01. The second-order valence-corrected chi connectivity index (χ2v) is 6.68. The van der Waals surface area contributed by atoms with Gasteiger partial charge in [0.2, 0.25) is 0 Å². The van der Waals surface area contributed by atoms with Crippen molar-refractivity contribution in [1.82, 2.24) is 4.98 Å². The second-order valence-electron chi connectivity index (χ2n) is 6.68. The third-order valence-corrected chi connectivity index (χ3v) is 4.57. The highest BCUT2D eigenvalue weighted by atomic mass is 19.1. The lowest BCUT2D eigenvalue weighted by molar-refractivity contribution is 0.00578. The van der Waals surface area contributed by atoms with Gasteiger partial charge in [0.05, 0.1) is 11.2 Å². The summed E-state index contributed by atoms with van der Waals surface area (Å²) in [6, 6.07) is 5.64. The lowest BCUT2D eigenvalue weighted by Crippen LogP contribution is -2.41. The first kappa shape index (κ1) is 16.1. The van der Waals surface area contributed by atoms with Gasteiger partial charge in [0, 0.05) is 23.5 Å². The topological polar surface area (TPSA) is 31.4 Å². The third kappa shape index (κ3) is 2.77. The molecule has 1 aliphatic rings. The van der Waals surface area contributed by atoms with Crippen LogP contribution >= 0.6 is 0 Å². The van der Waals surface area contributed by atoms with E-state index in [-0.39, 0.29) is 11.1 Å². The van der Waals surface area contributed by atoms with Crippen LogP contribution in [0.3, 0.4) is 0 Å². The Morgan fingerprint density at radius 1 is 0.913 bits per heavy atom. The van der Waals surface area contributed by atoms with Gasteiger partial charge in [-0.3, -0.25) is 4.98 Å². The summed E-state index contributed by atoms with van der Waals surface area (Å²) in [5.41, 5.74) is -0.0909. The van der Waals surface area contributed by atoms with E-state index in [1.165, 1.54) is 24.5 Å². The molecule has 2 heterocycles. The van der Waals surface area contributed by atoms with Crippen LogP contribution in [0.15, 0.2) is 36.7 Å². The van der Waals surface area contributed by atoms with Crippen molar-refractivity contribution in [3.8, 4) is 11.1 Å². The van der Waals surface area contributed by atoms with Crippen LogP contribution in [-0.2, 0) is 9.31 Å². The molecular weight excluding hydrogens is 299 g/mol. The van der Waals surface area contributed by atoms with Gasteiger partial charge in [-0.1, -0.05) is 12.1 Å². The van der Waals surface area contributed by atoms with Gasteiger partial charge >= 0.3 is 7.12 Å². The average molecular weight is 317 g/mol. The number of hydrogen-bond donors (Lipinski definition) is 0. The van der Waals surface area contributed by atoms with Gasteiger partial charge < -0.3 is 9.31 Å². The Morgan fingerprint density at radius 2 is 1.52 bits per heavy atom. The zero-order valence-electron chi connectivity index (χ0n) is 13.6. The van der Waals surface area contributed by atoms with Crippen LogP contribution in [0.25, 0.3) is 11.1 Å². The van der Waals surface area contributed by atoms with Gasteiger partial charge in [0.25, 0.3) is 0 Å². The summed E-state index contributed by atoms with van der Waals surface area (Å²) in [5, 5.41) is 0. The maximum Gasteiger partial charge on any atom is 0.494 e. The summed E-state index contributed by atoms with van der Waals surface area (Å²) in [4.78, 5) is 3.87. The van der Waals surface area contributed by atoms with Crippen molar-refractivity contribution in [2.45, 2.75) is 38.9 Å². The molecule has 0 saturated carbocycles. The first-order chi connectivity index (χ1) is 10.7. The molecule has 1 aliphatic heterocycles. The van der Waals surface area contributed by atoms with Crippen molar-refractivity contribution in [1.29, 1.82) is 0 Å². The molecule has 0 N–H and O–H groups in total. The highest BCUT2D eigenvalue weighted by Gasteiger charge is 2.51. The molecule has 3 nitrogen and oxygen atoms in total. The SMILES string of the molecule is CC1(C)OB(c2ccc(F)c(-c3cnccc3F)c2)OC1(C)C. The minimum Gasteiger partial charge on any atom is -0.399 e. The molecule has 2 aromatic rings. The van der Waals surface area contributed by atoms with Crippen molar-refractivity contribution in [2.75, 3.05) is 0 Å². The average Bonchev–Trinajstić information content (AvgIpc) is 2.69. The molecule has 120 valence electrons. The zero-order chi connectivity index (χ0) is 16.8. The fraction of sp³-hybridized carbons (Fsp3) is 0.353. The van der Waals surface area contributed by atoms with E-state index < -0.39 is 30.0 Å². The quantitative estimate of drug-likeness (QED) is 0.796. The lowest BCUT2D eigenvalue weighted by Gasteiger charge is -2.32. The van der Waals surface area contributed by atoms with Gasteiger partial charge in [0.1, 0.15) is 11.6 Å². The Hall–Kier alpha value is -1.79. The van der Waals surface area contributed by atoms with Crippen LogP contribution in [0.5, 0.6) is 0 Å². The van der Waals surface area contributed by atoms with Crippen LogP contribution in [0.2, 0.25) is 0 Å². The predicted octanol–water partition coefficient (Wildman–Crippen LogP) is 3.33. The van der Waals surface area contributed by atoms with Crippen molar-refractivity contribution in [2.24, 2.45) is 0 Å². The van der Waals surface area contributed by atoms with E-state index in [0.717, 1.165) is 0 Å². The van der Waals surface area contributed by atoms with Crippen LogP contribution in [-0.4, -0.2) is 23.3 Å². The molecule has 0 atom stereocenters. The molecule has 0 amide bonds. The number of nitrogens with zero attached hydrogens (tertiary/aromatic N) is 1. The molecule has 1 aromatic heterocycles. The molecule has 6 heteroatoms. The molecule has 0 radical (unpaired) electrons. The Morgan fingerprint density at radius 3 is 2.13 bits per heavy atom. The van der Waals surface area contributed by atoms with Crippen LogP contribution in [0, 0.1) is 11.6 Å². The zero-order valence-corrected chi connectivity index (χ0v) is 13.6. The van der Waals surface area contributed by atoms with Gasteiger partial charge in [-0.15, -0.1) is 0 Å². The minimum absolute atomic E-state index is 0.114. The second kappa shape index (κ2) is 5.39. The standard InChI is InChI=1S/C17H18BF2NO2/c1-16(2)17(3,4)23-18(22-16)11-5-6-14(19)12(9-11)13-10-21-8-7-15(13)20/h5-10H,1-4H3. The largest absolute Gasteiger partial charge is 0.494 e. The first-order valence-corrected chi connectivity index (χ1v) is 7.46. The van der Waals surface area contributed by atoms with Crippen molar-refractivity contribution in [3.63, 3.8) is 0 Å². The molecule has 0 aliphatic carbocycles. The fourth-order valence-electron chi connectivity index (χ4n) is 2.45. The smallest absolute Gasteiger partial charge is 0.399 e. The maximum atomic E-state index is 14.2. The number of pyridine rings is 1. The highest BCUT2D eigenvalue weighted by molar-refractivity contribution is 6.62. The number of benzene rings is 1.